The maximum Gasteiger partial charge on any atom is 0.111 e. The Labute approximate surface area is 176 Å². The summed E-state index contributed by atoms with van der Waals surface area (Å²) in [5.41, 5.74) is 0. The number of rotatable bonds is 25. The van der Waals surface area contributed by atoms with Crippen molar-refractivity contribution in [1.29, 1.82) is 0 Å². The van der Waals surface area contributed by atoms with Gasteiger partial charge in [-0.15, -0.1) is 0 Å². The third-order valence-corrected chi connectivity index (χ3v) is 3.79. The lowest BCUT2D eigenvalue weighted by atomic mass is 10.1. The predicted octanol–water partition coefficient (Wildman–Crippen LogP) is 2.31. The molecule has 1 unspecified atom stereocenters. The van der Waals surface area contributed by atoms with Gasteiger partial charge >= 0.3 is 0 Å². The fourth-order valence-electron chi connectivity index (χ4n) is 1.91. The van der Waals surface area contributed by atoms with E-state index >= 15 is 0 Å². The average molecular weight is 423 g/mol. The summed E-state index contributed by atoms with van der Waals surface area (Å²) in [6, 6.07) is 0. The van der Waals surface area contributed by atoms with Gasteiger partial charge in [0.05, 0.1) is 92.2 Å². The highest BCUT2D eigenvalue weighted by molar-refractivity contribution is 4.48. The fraction of sp³-hybridized carbons (Fsp3) is 0.905. The minimum absolute atomic E-state index is 0.513. The van der Waals surface area contributed by atoms with Crippen molar-refractivity contribution in [2.75, 3.05) is 99.1 Å². The summed E-state index contributed by atoms with van der Waals surface area (Å²) in [5.74, 6) is 0.607. The Balaban J connectivity index is 3.01. The second-order valence-electron chi connectivity index (χ2n) is 6.30. The van der Waals surface area contributed by atoms with Crippen molar-refractivity contribution < 1.29 is 37.9 Å². The van der Waals surface area contributed by atoms with Gasteiger partial charge in [-0.1, -0.05) is 26.8 Å². The van der Waals surface area contributed by atoms with Crippen LogP contribution < -0.4 is 0 Å². The first-order valence-corrected chi connectivity index (χ1v) is 10.6. The Morgan fingerprint density at radius 3 is 1.17 bits per heavy atom. The van der Waals surface area contributed by atoms with Gasteiger partial charge in [0.25, 0.3) is 0 Å². The van der Waals surface area contributed by atoms with Crippen LogP contribution in [0.5, 0.6) is 0 Å². The average Bonchev–Trinajstić information content (AvgIpc) is 2.74. The Morgan fingerprint density at radius 1 is 0.552 bits per heavy atom. The van der Waals surface area contributed by atoms with Crippen LogP contribution in [-0.2, 0) is 37.9 Å². The molecule has 0 fully saturated rings. The second-order valence-corrected chi connectivity index (χ2v) is 6.30. The standard InChI is InChI=1S/C21H42O8/c1-4-21(3)20-29-19-18-28-17-16-27-15-14-26-13-12-25-11-10-24-9-8-23-7-6-22-5-2/h5,21H,2,4,6-20H2,1,3H3. The summed E-state index contributed by atoms with van der Waals surface area (Å²) in [6.07, 6.45) is 2.54. The molecule has 8 heteroatoms. The zero-order chi connectivity index (χ0) is 21.3. The third kappa shape index (κ3) is 25.2. The van der Waals surface area contributed by atoms with Gasteiger partial charge in [0.1, 0.15) is 6.61 Å². The lowest BCUT2D eigenvalue weighted by Crippen LogP contribution is -2.15. The molecule has 0 aromatic carbocycles. The van der Waals surface area contributed by atoms with E-state index in [0.29, 0.717) is 98.4 Å². The van der Waals surface area contributed by atoms with Crippen molar-refractivity contribution >= 4 is 0 Å². The smallest absolute Gasteiger partial charge is 0.111 e. The molecular formula is C21H42O8. The van der Waals surface area contributed by atoms with E-state index in [0.717, 1.165) is 13.0 Å². The molecule has 174 valence electrons. The fourth-order valence-corrected chi connectivity index (χ4v) is 1.91. The van der Waals surface area contributed by atoms with Gasteiger partial charge in [-0.25, -0.2) is 0 Å². The quantitative estimate of drug-likeness (QED) is 0.164. The zero-order valence-corrected chi connectivity index (χ0v) is 18.4. The summed E-state index contributed by atoms with van der Waals surface area (Å²) in [6.45, 7) is 16.4. The Hall–Kier alpha value is -0.740. The van der Waals surface area contributed by atoms with Gasteiger partial charge in [-0.3, -0.25) is 0 Å². The van der Waals surface area contributed by atoms with E-state index in [-0.39, 0.29) is 0 Å². The van der Waals surface area contributed by atoms with E-state index < -0.39 is 0 Å². The van der Waals surface area contributed by atoms with E-state index in [2.05, 4.69) is 20.4 Å². The molecular weight excluding hydrogens is 380 g/mol. The molecule has 1 atom stereocenters. The van der Waals surface area contributed by atoms with E-state index in [4.69, 9.17) is 37.9 Å². The number of hydrogen-bond donors (Lipinski definition) is 0. The molecule has 0 heterocycles. The molecule has 0 aromatic rings. The lowest BCUT2D eigenvalue weighted by molar-refractivity contribution is -0.0225. The molecule has 0 saturated carbocycles. The Kier molecular flexibility index (Phi) is 24.7. The normalized spacial score (nSPS) is 12.2. The molecule has 0 saturated heterocycles. The van der Waals surface area contributed by atoms with Crippen LogP contribution in [0.4, 0.5) is 0 Å². The van der Waals surface area contributed by atoms with E-state index in [1.165, 1.54) is 6.26 Å². The molecule has 0 aliphatic heterocycles. The van der Waals surface area contributed by atoms with Gasteiger partial charge in [0, 0.05) is 6.61 Å². The van der Waals surface area contributed by atoms with Crippen molar-refractivity contribution in [1.82, 2.24) is 0 Å². The first kappa shape index (κ1) is 28.3. The van der Waals surface area contributed by atoms with Crippen LogP contribution in [0.15, 0.2) is 12.8 Å². The van der Waals surface area contributed by atoms with E-state index in [1.54, 1.807) is 0 Å². The highest BCUT2D eigenvalue weighted by atomic mass is 16.6. The highest BCUT2D eigenvalue weighted by Gasteiger charge is 1.98. The van der Waals surface area contributed by atoms with Crippen molar-refractivity contribution in [2.24, 2.45) is 5.92 Å². The maximum atomic E-state index is 5.51. The van der Waals surface area contributed by atoms with Crippen LogP contribution >= 0.6 is 0 Å². The van der Waals surface area contributed by atoms with E-state index in [1.807, 2.05) is 0 Å². The van der Waals surface area contributed by atoms with Crippen molar-refractivity contribution in [3.05, 3.63) is 12.8 Å². The monoisotopic (exact) mass is 422 g/mol. The van der Waals surface area contributed by atoms with E-state index in [9.17, 15) is 0 Å². The van der Waals surface area contributed by atoms with Gasteiger partial charge < -0.3 is 37.9 Å². The molecule has 0 radical (unpaired) electrons. The third-order valence-electron chi connectivity index (χ3n) is 3.79. The van der Waals surface area contributed by atoms with Crippen LogP contribution in [0.1, 0.15) is 20.3 Å². The van der Waals surface area contributed by atoms with Crippen LogP contribution in [0.2, 0.25) is 0 Å². The van der Waals surface area contributed by atoms with Gasteiger partial charge in [-0.2, -0.15) is 0 Å². The molecule has 0 aliphatic carbocycles. The summed E-state index contributed by atoms with van der Waals surface area (Å²) < 4.78 is 42.8. The van der Waals surface area contributed by atoms with Gasteiger partial charge in [0.15, 0.2) is 0 Å². The molecule has 0 N–H and O–H groups in total. The Bertz CT molecular complexity index is 317. The van der Waals surface area contributed by atoms with Gasteiger partial charge in [-0.05, 0) is 5.92 Å². The first-order valence-electron chi connectivity index (χ1n) is 10.6. The van der Waals surface area contributed by atoms with Crippen molar-refractivity contribution in [3.8, 4) is 0 Å². The van der Waals surface area contributed by atoms with Crippen LogP contribution in [-0.4, -0.2) is 99.1 Å². The van der Waals surface area contributed by atoms with Crippen LogP contribution in [0, 0.1) is 5.92 Å². The molecule has 0 spiro atoms. The largest absolute Gasteiger partial charge is 0.499 e. The zero-order valence-electron chi connectivity index (χ0n) is 18.4. The molecule has 0 bridgehead atoms. The molecule has 0 aliphatic rings. The van der Waals surface area contributed by atoms with Crippen LogP contribution in [0.25, 0.3) is 0 Å². The van der Waals surface area contributed by atoms with Crippen molar-refractivity contribution in [3.63, 3.8) is 0 Å². The molecule has 0 amide bonds. The molecule has 0 rings (SSSR count). The molecule has 0 aromatic heterocycles. The summed E-state index contributed by atoms with van der Waals surface area (Å²) in [7, 11) is 0. The maximum absolute atomic E-state index is 5.51. The number of hydrogen-bond acceptors (Lipinski definition) is 8. The summed E-state index contributed by atoms with van der Waals surface area (Å²) >= 11 is 0. The molecule has 29 heavy (non-hydrogen) atoms. The minimum Gasteiger partial charge on any atom is -0.499 e. The van der Waals surface area contributed by atoms with Crippen LogP contribution in [0.3, 0.4) is 0 Å². The second kappa shape index (κ2) is 25.3. The summed E-state index contributed by atoms with van der Waals surface area (Å²) in [5, 5.41) is 0. The van der Waals surface area contributed by atoms with Crippen molar-refractivity contribution in [2.45, 2.75) is 20.3 Å². The lowest BCUT2D eigenvalue weighted by Gasteiger charge is -2.10. The SMILES string of the molecule is C=COCCOCCOCCOCCOCCOCCOCCOCC(C)CC. The predicted molar refractivity (Wildman–Crippen MR) is 111 cm³/mol. The molecule has 8 nitrogen and oxygen atoms in total. The highest BCUT2D eigenvalue weighted by Crippen LogP contribution is 1.99. The first-order chi connectivity index (χ1) is 14.3. The number of ether oxygens (including phenoxy) is 8. The van der Waals surface area contributed by atoms with Gasteiger partial charge in [0.2, 0.25) is 0 Å². The summed E-state index contributed by atoms with van der Waals surface area (Å²) in [4.78, 5) is 0. The minimum atomic E-state index is 0.513. The topological polar surface area (TPSA) is 73.8 Å². The Morgan fingerprint density at radius 2 is 0.862 bits per heavy atom.